The minimum atomic E-state index is -0.300. The van der Waals surface area contributed by atoms with E-state index in [1.807, 2.05) is 0 Å². The highest BCUT2D eigenvalue weighted by Gasteiger charge is 2.22. The van der Waals surface area contributed by atoms with E-state index in [2.05, 4.69) is 15.6 Å². The third-order valence-corrected chi connectivity index (χ3v) is 3.69. The Kier molecular flexibility index (Phi) is 2.87. The zero-order chi connectivity index (χ0) is 12.5. The Hall–Kier alpha value is -1.69. The van der Waals surface area contributed by atoms with Crippen molar-refractivity contribution in [2.75, 3.05) is 11.9 Å². The van der Waals surface area contributed by atoms with Crippen molar-refractivity contribution in [3.63, 3.8) is 0 Å². The normalized spacial score (nSPS) is 14.7. The smallest absolute Gasteiger partial charge is 0.239 e. The van der Waals surface area contributed by atoms with Crippen LogP contribution < -0.4 is 10.6 Å². The van der Waals surface area contributed by atoms with Gasteiger partial charge in [0.25, 0.3) is 0 Å². The van der Waals surface area contributed by atoms with Crippen LogP contribution in [-0.4, -0.2) is 23.5 Å². The second kappa shape index (κ2) is 4.53. The molecule has 0 unspecified atom stereocenters. The van der Waals surface area contributed by atoms with Gasteiger partial charge < -0.3 is 10.6 Å². The van der Waals surface area contributed by atoms with Crippen molar-refractivity contribution >= 4 is 32.6 Å². The summed E-state index contributed by atoms with van der Waals surface area (Å²) in [5.74, 6) is -0.325. The lowest BCUT2D eigenvalue weighted by atomic mass is 10.3. The maximum atomic E-state index is 13.0. The first-order chi connectivity index (χ1) is 8.70. The van der Waals surface area contributed by atoms with Crippen molar-refractivity contribution in [1.29, 1.82) is 0 Å². The van der Waals surface area contributed by atoms with Gasteiger partial charge in [0, 0.05) is 12.1 Å². The Morgan fingerprint density at radius 3 is 3.11 bits per heavy atom. The van der Waals surface area contributed by atoms with Gasteiger partial charge in [-0.1, -0.05) is 11.3 Å². The van der Waals surface area contributed by atoms with Crippen LogP contribution >= 0.6 is 11.3 Å². The number of anilines is 1. The summed E-state index contributed by atoms with van der Waals surface area (Å²) >= 11 is 1.41. The molecule has 1 fully saturated rings. The van der Waals surface area contributed by atoms with Gasteiger partial charge in [0.2, 0.25) is 5.91 Å². The Morgan fingerprint density at radius 2 is 2.33 bits per heavy atom. The zero-order valence-corrected chi connectivity index (χ0v) is 10.4. The van der Waals surface area contributed by atoms with Crippen LogP contribution in [0.4, 0.5) is 9.52 Å². The number of hydrogen-bond acceptors (Lipinski definition) is 4. The number of halogens is 1. The molecule has 1 aliphatic carbocycles. The largest absolute Gasteiger partial charge is 0.352 e. The quantitative estimate of drug-likeness (QED) is 0.890. The molecule has 0 bridgehead atoms. The molecule has 0 aliphatic heterocycles. The molecule has 18 heavy (non-hydrogen) atoms. The van der Waals surface area contributed by atoms with E-state index in [4.69, 9.17) is 0 Å². The average Bonchev–Trinajstić information content (AvgIpc) is 3.04. The summed E-state index contributed by atoms with van der Waals surface area (Å²) < 4.78 is 13.9. The Labute approximate surface area is 107 Å². The van der Waals surface area contributed by atoms with Gasteiger partial charge in [-0.2, -0.15) is 0 Å². The molecule has 1 aromatic carbocycles. The SMILES string of the molecule is O=C(CNc1nc2cc(F)ccc2s1)NC1CC1. The van der Waals surface area contributed by atoms with E-state index in [1.54, 1.807) is 6.07 Å². The molecule has 4 nitrogen and oxygen atoms in total. The van der Waals surface area contributed by atoms with Crippen LogP contribution in [0.25, 0.3) is 10.2 Å². The molecule has 2 N–H and O–H groups in total. The highest BCUT2D eigenvalue weighted by atomic mass is 32.1. The number of nitrogens with zero attached hydrogens (tertiary/aromatic N) is 1. The number of carbonyl (C=O) groups excluding carboxylic acids is 1. The lowest BCUT2D eigenvalue weighted by Gasteiger charge is -2.03. The third kappa shape index (κ3) is 2.59. The van der Waals surface area contributed by atoms with Gasteiger partial charge >= 0.3 is 0 Å². The average molecular weight is 265 g/mol. The summed E-state index contributed by atoms with van der Waals surface area (Å²) in [6.07, 6.45) is 2.15. The van der Waals surface area contributed by atoms with Crippen molar-refractivity contribution in [3.05, 3.63) is 24.0 Å². The summed E-state index contributed by atoms with van der Waals surface area (Å²) in [6, 6.07) is 4.85. The number of benzene rings is 1. The maximum absolute atomic E-state index is 13.0. The topological polar surface area (TPSA) is 54.0 Å². The van der Waals surface area contributed by atoms with Crippen LogP contribution in [0.2, 0.25) is 0 Å². The first-order valence-electron chi connectivity index (χ1n) is 5.80. The van der Waals surface area contributed by atoms with E-state index < -0.39 is 0 Å². The van der Waals surface area contributed by atoms with Gasteiger partial charge in [-0.3, -0.25) is 4.79 Å². The van der Waals surface area contributed by atoms with E-state index in [1.165, 1.54) is 23.5 Å². The van der Waals surface area contributed by atoms with Gasteiger partial charge in [0.05, 0.1) is 16.8 Å². The Bertz CT molecular complexity index is 594. The standard InChI is InChI=1S/C12H12FN3OS/c13-7-1-4-10-9(5-7)16-12(18-10)14-6-11(17)15-8-2-3-8/h1,4-5,8H,2-3,6H2,(H,14,16)(H,15,17). The molecule has 0 radical (unpaired) electrons. The molecule has 1 aromatic heterocycles. The number of hydrogen-bond donors (Lipinski definition) is 2. The number of amides is 1. The number of nitrogens with one attached hydrogen (secondary N) is 2. The predicted molar refractivity (Wildman–Crippen MR) is 69.2 cm³/mol. The predicted octanol–water partition coefficient (Wildman–Crippen LogP) is 2.13. The van der Waals surface area contributed by atoms with Crippen LogP contribution in [0, 0.1) is 5.82 Å². The third-order valence-electron chi connectivity index (χ3n) is 2.69. The van der Waals surface area contributed by atoms with E-state index in [0.717, 1.165) is 17.5 Å². The number of carbonyl (C=O) groups is 1. The van der Waals surface area contributed by atoms with Crippen molar-refractivity contribution in [2.45, 2.75) is 18.9 Å². The minimum absolute atomic E-state index is 0.0251. The lowest BCUT2D eigenvalue weighted by Crippen LogP contribution is -2.31. The molecule has 0 spiro atoms. The molecule has 0 saturated heterocycles. The van der Waals surface area contributed by atoms with Crippen LogP contribution in [0.5, 0.6) is 0 Å². The molecule has 1 aliphatic rings. The number of aromatic nitrogens is 1. The van der Waals surface area contributed by atoms with Gasteiger partial charge in [-0.15, -0.1) is 0 Å². The molecule has 6 heteroatoms. The molecular weight excluding hydrogens is 253 g/mol. The van der Waals surface area contributed by atoms with Crippen molar-refractivity contribution in [3.8, 4) is 0 Å². The Balaban J connectivity index is 1.64. The maximum Gasteiger partial charge on any atom is 0.239 e. The second-order valence-electron chi connectivity index (χ2n) is 4.33. The minimum Gasteiger partial charge on any atom is -0.352 e. The van der Waals surface area contributed by atoms with Crippen LogP contribution in [-0.2, 0) is 4.79 Å². The summed E-state index contributed by atoms with van der Waals surface area (Å²) in [4.78, 5) is 15.7. The lowest BCUT2D eigenvalue weighted by molar-refractivity contribution is -0.119. The summed E-state index contributed by atoms with van der Waals surface area (Å²) in [6.45, 7) is 0.207. The van der Waals surface area contributed by atoms with Crippen LogP contribution in [0.15, 0.2) is 18.2 Å². The Morgan fingerprint density at radius 1 is 1.50 bits per heavy atom. The molecule has 1 amide bonds. The van der Waals surface area contributed by atoms with E-state index in [9.17, 15) is 9.18 Å². The van der Waals surface area contributed by atoms with Crippen molar-refractivity contribution in [2.24, 2.45) is 0 Å². The molecule has 2 aromatic rings. The monoisotopic (exact) mass is 265 g/mol. The second-order valence-corrected chi connectivity index (χ2v) is 5.36. The fraction of sp³-hybridized carbons (Fsp3) is 0.333. The highest BCUT2D eigenvalue weighted by Crippen LogP contribution is 2.26. The molecule has 1 saturated carbocycles. The number of rotatable bonds is 4. The van der Waals surface area contributed by atoms with Crippen LogP contribution in [0.1, 0.15) is 12.8 Å². The summed E-state index contributed by atoms with van der Waals surface area (Å²) in [5.41, 5.74) is 0.616. The van der Waals surface area contributed by atoms with Gasteiger partial charge in [0.1, 0.15) is 5.82 Å². The number of thiazole rings is 1. The van der Waals surface area contributed by atoms with E-state index in [-0.39, 0.29) is 18.3 Å². The van der Waals surface area contributed by atoms with Gasteiger partial charge in [-0.25, -0.2) is 9.37 Å². The fourth-order valence-electron chi connectivity index (χ4n) is 1.64. The van der Waals surface area contributed by atoms with Crippen molar-refractivity contribution in [1.82, 2.24) is 10.3 Å². The van der Waals surface area contributed by atoms with E-state index >= 15 is 0 Å². The molecular formula is C12H12FN3OS. The highest BCUT2D eigenvalue weighted by molar-refractivity contribution is 7.22. The van der Waals surface area contributed by atoms with Crippen molar-refractivity contribution < 1.29 is 9.18 Å². The molecule has 3 rings (SSSR count). The fourth-order valence-corrected chi connectivity index (χ4v) is 2.48. The number of fused-ring (bicyclic) bond motifs is 1. The van der Waals surface area contributed by atoms with Gasteiger partial charge in [-0.05, 0) is 25.0 Å². The van der Waals surface area contributed by atoms with E-state index in [0.29, 0.717) is 16.7 Å². The molecule has 94 valence electrons. The first kappa shape index (κ1) is 11.4. The molecule has 1 heterocycles. The van der Waals surface area contributed by atoms with Crippen LogP contribution in [0.3, 0.4) is 0 Å². The summed E-state index contributed by atoms with van der Waals surface area (Å²) in [5, 5.41) is 6.48. The summed E-state index contributed by atoms with van der Waals surface area (Å²) in [7, 11) is 0. The molecule has 0 atom stereocenters. The van der Waals surface area contributed by atoms with Gasteiger partial charge in [0.15, 0.2) is 5.13 Å². The zero-order valence-electron chi connectivity index (χ0n) is 9.57. The first-order valence-corrected chi connectivity index (χ1v) is 6.62.